The molecule has 25 heavy (non-hydrogen) atoms. The van der Waals surface area contributed by atoms with Crippen molar-refractivity contribution in [2.45, 2.75) is 11.8 Å². The van der Waals surface area contributed by atoms with E-state index in [1.54, 1.807) is 30.5 Å². The molecular weight excluding hydrogens is 364 g/mol. The number of benzene rings is 1. The zero-order chi connectivity index (χ0) is 18.0. The van der Waals surface area contributed by atoms with Crippen LogP contribution < -0.4 is 10.9 Å². The van der Waals surface area contributed by atoms with Crippen molar-refractivity contribution in [1.82, 2.24) is 14.6 Å². The average molecular weight is 376 g/mol. The van der Waals surface area contributed by atoms with E-state index >= 15 is 0 Å². The number of fused-ring (bicyclic) bond motifs is 1. The number of thiazole rings is 1. The molecule has 0 aliphatic heterocycles. The molecule has 2 aromatic heterocycles. The van der Waals surface area contributed by atoms with Crippen molar-refractivity contribution in [3.8, 4) is 0 Å². The summed E-state index contributed by atoms with van der Waals surface area (Å²) in [4.78, 5) is 39.6. The van der Waals surface area contributed by atoms with E-state index in [1.165, 1.54) is 21.9 Å². The molecule has 0 saturated heterocycles. The summed E-state index contributed by atoms with van der Waals surface area (Å²) in [6, 6.07) is 6.49. The molecule has 0 bridgehead atoms. The molecule has 0 radical (unpaired) electrons. The molecule has 0 spiro atoms. The van der Waals surface area contributed by atoms with Crippen molar-refractivity contribution in [2.75, 3.05) is 11.1 Å². The van der Waals surface area contributed by atoms with Crippen molar-refractivity contribution in [3.05, 3.63) is 51.3 Å². The lowest BCUT2D eigenvalue weighted by molar-refractivity contribution is -0.113. The van der Waals surface area contributed by atoms with Crippen LogP contribution in [0.15, 0.2) is 39.3 Å². The van der Waals surface area contributed by atoms with Crippen LogP contribution in [-0.2, 0) is 4.79 Å². The Balaban J connectivity index is 1.73. The number of amides is 1. The minimum Gasteiger partial charge on any atom is -0.478 e. The van der Waals surface area contributed by atoms with Crippen LogP contribution >= 0.6 is 23.1 Å². The highest BCUT2D eigenvalue weighted by molar-refractivity contribution is 8.00. The van der Waals surface area contributed by atoms with E-state index in [2.05, 4.69) is 15.4 Å². The summed E-state index contributed by atoms with van der Waals surface area (Å²) in [7, 11) is 0. The fourth-order valence-electron chi connectivity index (χ4n) is 2.02. The number of hydrogen-bond donors (Lipinski definition) is 2. The summed E-state index contributed by atoms with van der Waals surface area (Å²) >= 11 is 2.32. The number of nitrogens with zero attached hydrogens (tertiary/aromatic N) is 3. The van der Waals surface area contributed by atoms with Gasteiger partial charge in [0, 0.05) is 10.3 Å². The molecule has 8 nitrogen and oxygen atoms in total. The van der Waals surface area contributed by atoms with Gasteiger partial charge in [0.2, 0.25) is 10.9 Å². The van der Waals surface area contributed by atoms with Crippen molar-refractivity contribution >= 4 is 45.8 Å². The van der Waals surface area contributed by atoms with Crippen LogP contribution in [0.3, 0.4) is 0 Å². The first-order chi connectivity index (χ1) is 12.0. The van der Waals surface area contributed by atoms with Crippen LogP contribution in [0.25, 0.3) is 4.96 Å². The van der Waals surface area contributed by atoms with Gasteiger partial charge < -0.3 is 10.4 Å². The summed E-state index contributed by atoms with van der Waals surface area (Å²) in [5, 5.41) is 17.6. The third kappa shape index (κ3) is 3.69. The number of thioether (sulfide) groups is 1. The second-order valence-corrected chi connectivity index (χ2v) is 6.81. The fourth-order valence-corrected chi connectivity index (χ4v) is 3.61. The Bertz CT molecular complexity index is 1030. The molecule has 2 heterocycles. The first-order valence-corrected chi connectivity index (χ1v) is 8.92. The first kappa shape index (κ1) is 17.1. The molecule has 0 fully saturated rings. The molecule has 0 aliphatic rings. The predicted molar refractivity (Wildman–Crippen MR) is 94.6 cm³/mol. The van der Waals surface area contributed by atoms with Gasteiger partial charge in [0.1, 0.15) is 11.5 Å². The SMILES string of the molecule is Cc1nn2c(NC(=O)CSc3ccccc3C(=O)O)csc2nc1=O. The van der Waals surface area contributed by atoms with Crippen LogP contribution in [0, 0.1) is 6.92 Å². The number of aryl methyl sites for hydroxylation is 1. The highest BCUT2D eigenvalue weighted by Crippen LogP contribution is 2.23. The second kappa shape index (κ2) is 7.03. The average Bonchev–Trinajstić information content (AvgIpc) is 2.95. The van der Waals surface area contributed by atoms with Gasteiger partial charge in [0.15, 0.2) is 0 Å². The molecule has 0 atom stereocenters. The van der Waals surface area contributed by atoms with Gasteiger partial charge in [0.25, 0.3) is 5.56 Å². The maximum absolute atomic E-state index is 12.2. The highest BCUT2D eigenvalue weighted by Gasteiger charge is 2.13. The number of anilines is 1. The summed E-state index contributed by atoms with van der Waals surface area (Å²) in [6.07, 6.45) is 0. The molecule has 0 unspecified atom stereocenters. The molecule has 0 aliphatic carbocycles. The molecule has 128 valence electrons. The van der Waals surface area contributed by atoms with Gasteiger partial charge in [0.05, 0.1) is 11.3 Å². The Kier molecular flexibility index (Phi) is 4.81. The number of hydrogen-bond acceptors (Lipinski definition) is 7. The quantitative estimate of drug-likeness (QED) is 0.654. The van der Waals surface area contributed by atoms with E-state index < -0.39 is 11.5 Å². The third-order valence-electron chi connectivity index (χ3n) is 3.19. The molecule has 1 amide bonds. The highest BCUT2D eigenvalue weighted by atomic mass is 32.2. The lowest BCUT2D eigenvalue weighted by Crippen LogP contribution is -2.19. The number of carboxylic acids is 1. The Labute approximate surface area is 149 Å². The smallest absolute Gasteiger partial charge is 0.336 e. The second-order valence-electron chi connectivity index (χ2n) is 4.96. The summed E-state index contributed by atoms with van der Waals surface area (Å²) in [5.41, 5.74) is -0.0168. The van der Waals surface area contributed by atoms with Crippen LogP contribution in [-0.4, -0.2) is 37.3 Å². The van der Waals surface area contributed by atoms with Gasteiger partial charge >= 0.3 is 5.97 Å². The Morgan fingerprint density at radius 2 is 2.12 bits per heavy atom. The van der Waals surface area contributed by atoms with Gasteiger partial charge in [-0.25, -0.2) is 4.79 Å². The maximum atomic E-state index is 12.2. The van der Waals surface area contributed by atoms with Crippen LogP contribution in [0.4, 0.5) is 5.82 Å². The fraction of sp³-hybridized carbons (Fsp3) is 0.133. The Morgan fingerprint density at radius 1 is 1.36 bits per heavy atom. The molecule has 0 saturated carbocycles. The first-order valence-electron chi connectivity index (χ1n) is 7.06. The van der Waals surface area contributed by atoms with Crippen LogP contribution in [0.5, 0.6) is 0 Å². The molecular formula is C15H12N4O4S2. The summed E-state index contributed by atoms with van der Waals surface area (Å²) in [5.74, 6) is -0.911. The molecule has 1 aromatic carbocycles. The van der Waals surface area contributed by atoms with Crippen molar-refractivity contribution in [2.24, 2.45) is 0 Å². The van der Waals surface area contributed by atoms with Crippen molar-refractivity contribution < 1.29 is 14.7 Å². The number of rotatable bonds is 5. The standard InChI is InChI=1S/C15H12N4O4S2/c1-8-13(21)17-15-19(18-8)11(6-25-15)16-12(20)7-24-10-5-3-2-4-9(10)14(22)23/h2-6H,7H2,1H3,(H,16,20)(H,22,23). The molecule has 3 aromatic rings. The van der Waals surface area contributed by atoms with Crippen LogP contribution in [0.1, 0.15) is 16.1 Å². The number of aromatic carboxylic acids is 1. The molecule has 2 N–H and O–H groups in total. The molecule has 10 heteroatoms. The number of carbonyl (C=O) groups is 2. The van der Waals surface area contributed by atoms with E-state index in [9.17, 15) is 14.4 Å². The minimum atomic E-state index is -1.04. The topological polar surface area (TPSA) is 114 Å². The van der Waals surface area contributed by atoms with Gasteiger partial charge in [-0.05, 0) is 19.1 Å². The van der Waals surface area contributed by atoms with E-state index in [-0.39, 0.29) is 22.9 Å². The summed E-state index contributed by atoms with van der Waals surface area (Å²) < 4.78 is 1.40. The number of aromatic nitrogens is 3. The van der Waals surface area contributed by atoms with E-state index in [1.807, 2.05) is 0 Å². The van der Waals surface area contributed by atoms with E-state index in [4.69, 9.17) is 5.11 Å². The van der Waals surface area contributed by atoms with E-state index in [0.717, 1.165) is 11.8 Å². The van der Waals surface area contributed by atoms with Gasteiger partial charge in [-0.1, -0.05) is 12.1 Å². The minimum absolute atomic E-state index is 0.0360. The Hall–Kier alpha value is -2.72. The predicted octanol–water partition coefficient (Wildman–Crippen LogP) is 1.89. The van der Waals surface area contributed by atoms with Gasteiger partial charge in [-0.3, -0.25) is 9.59 Å². The normalized spacial score (nSPS) is 10.8. The van der Waals surface area contributed by atoms with Crippen molar-refractivity contribution in [3.63, 3.8) is 0 Å². The third-order valence-corrected chi connectivity index (χ3v) is 5.08. The maximum Gasteiger partial charge on any atom is 0.336 e. The van der Waals surface area contributed by atoms with Crippen molar-refractivity contribution in [1.29, 1.82) is 0 Å². The van der Waals surface area contributed by atoms with Gasteiger partial charge in [-0.15, -0.1) is 23.1 Å². The lowest BCUT2D eigenvalue weighted by atomic mass is 10.2. The zero-order valence-corrected chi connectivity index (χ0v) is 14.6. The van der Waals surface area contributed by atoms with Gasteiger partial charge in [-0.2, -0.15) is 14.6 Å². The number of carboxylic acid groups (broad SMARTS) is 1. The van der Waals surface area contributed by atoms with Crippen LogP contribution in [0.2, 0.25) is 0 Å². The monoisotopic (exact) mass is 376 g/mol. The number of nitrogens with one attached hydrogen (secondary N) is 1. The molecule has 3 rings (SSSR count). The lowest BCUT2D eigenvalue weighted by Gasteiger charge is -2.06. The van der Waals surface area contributed by atoms with E-state index in [0.29, 0.717) is 15.7 Å². The zero-order valence-electron chi connectivity index (χ0n) is 12.9. The Morgan fingerprint density at radius 3 is 2.88 bits per heavy atom. The largest absolute Gasteiger partial charge is 0.478 e. The summed E-state index contributed by atoms with van der Waals surface area (Å²) in [6.45, 7) is 1.55. The number of carbonyl (C=O) groups excluding carboxylic acids is 1.